The molecule has 0 amide bonds. The van der Waals surface area contributed by atoms with Crippen molar-refractivity contribution in [1.29, 1.82) is 0 Å². The average Bonchev–Trinajstić information content (AvgIpc) is 4.10. The van der Waals surface area contributed by atoms with Gasteiger partial charge >= 0.3 is 0 Å². The lowest BCUT2D eigenvalue weighted by atomic mass is 9.93. The minimum absolute atomic E-state index is 0.530. The number of para-hydroxylation sites is 2. The molecule has 0 atom stereocenters. The fourth-order valence-corrected chi connectivity index (χ4v) is 11.3. The van der Waals surface area contributed by atoms with Crippen molar-refractivity contribution in [3.8, 4) is 73.2 Å². The van der Waals surface area contributed by atoms with Crippen LogP contribution in [0.3, 0.4) is 0 Å². The van der Waals surface area contributed by atoms with Gasteiger partial charge in [0.05, 0.1) is 11.0 Å². The number of hydrogen-bond donors (Lipinski definition) is 0. The molecular formula is C63H38N4OS. The van der Waals surface area contributed by atoms with E-state index in [0.717, 1.165) is 88.3 Å². The van der Waals surface area contributed by atoms with Gasteiger partial charge in [0.1, 0.15) is 11.2 Å². The van der Waals surface area contributed by atoms with Crippen LogP contribution in [0.1, 0.15) is 0 Å². The second kappa shape index (κ2) is 15.8. The quantitative estimate of drug-likeness (QED) is 0.160. The largest absolute Gasteiger partial charge is 0.456 e. The summed E-state index contributed by atoms with van der Waals surface area (Å²) in [5.41, 5.74) is 14.5. The summed E-state index contributed by atoms with van der Waals surface area (Å²) in [5.74, 6) is 1.67. The molecule has 0 spiro atoms. The number of nitrogens with zero attached hydrogens (tertiary/aromatic N) is 4. The lowest BCUT2D eigenvalue weighted by molar-refractivity contribution is 0.669. The summed E-state index contributed by atoms with van der Waals surface area (Å²) >= 11 is 1.85. The van der Waals surface area contributed by atoms with Gasteiger partial charge < -0.3 is 4.42 Å². The molecule has 0 radical (unpaired) electrons. The molecule has 10 aromatic carbocycles. The first-order chi connectivity index (χ1) is 34.2. The summed E-state index contributed by atoms with van der Waals surface area (Å²) in [4.78, 5) is 15.9. The van der Waals surface area contributed by atoms with Crippen LogP contribution in [0.25, 0.3) is 137 Å². The summed E-state index contributed by atoms with van der Waals surface area (Å²) in [7, 11) is 0. The molecule has 0 aliphatic carbocycles. The molecule has 0 N–H and O–H groups in total. The highest BCUT2D eigenvalue weighted by Crippen LogP contribution is 2.43. The van der Waals surface area contributed by atoms with Crippen molar-refractivity contribution < 1.29 is 4.42 Å². The standard InChI is InChI=1S/C63H38N4OS/c1-3-15-39(16-4-1)47-35-53(45-22-14-21-43(34-45)41-19-13-20-42(33-41)44-29-32-52-51-25-9-12-28-58(51)69-59(52)38-44)60-54(36-47)48-23-7-10-26-55(48)67(60)63-65-61(40-17-5-2-6-18-40)64-62(66-63)46-30-31-50-49-24-8-11-27-56(49)68-57(50)37-46/h1-38H. The van der Waals surface area contributed by atoms with E-state index in [-0.39, 0.29) is 0 Å². The third kappa shape index (κ3) is 6.64. The predicted molar refractivity (Wildman–Crippen MR) is 287 cm³/mol. The summed E-state index contributed by atoms with van der Waals surface area (Å²) in [6, 6.07) is 81.9. The summed E-state index contributed by atoms with van der Waals surface area (Å²) < 4.78 is 11.2. The molecule has 14 aromatic rings. The predicted octanol–water partition coefficient (Wildman–Crippen LogP) is 17.2. The topological polar surface area (TPSA) is 56.7 Å². The molecule has 0 unspecified atom stereocenters. The van der Waals surface area contributed by atoms with Crippen LogP contribution < -0.4 is 0 Å². The van der Waals surface area contributed by atoms with E-state index < -0.39 is 0 Å². The summed E-state index contributed by atoms with van der Waals surface area (Å²) in [5, 5.41) is 6.97. The van der Waals surface area contributed by atoms with Crippen molar-refractivity contribution in [2.45, 2.75) is 0 Å². The Morgan fingerprint density at radius 3 is 1.68 bits per heavy atom. The molecule has 69 heavy (non-hydrogen) atoms. The van der Waals surface area contributed by atoms with Crippen molar-refractivity contribution in [2.24, 2.45) is 0 Å². The van der Waals surface area contributed by atoms with Gasteiger partial charge in [-0.05, 0) is 99.6 Å². The molecule has 5 nitrogen and oxygen atoms in total. The van der Waals surface area contributed by atoms with Gasteiger partial charge in [-0.1, -0.05) is 170 Å². The highest BCUT2D eigenvalue weighted by molar-refractivity contribution is 7.25. The molecule has 0 bridgehead atoms. The zero-order chi connectivity index (χ0) is 45.4. The maximum atomic E-state index is 6.38. The second-order valence-electron chi connectivity index (χ2n) is 17.6. The molecule has 4 aromatic heterocycles. The molecule has 0 aliphatic rings. The van der Waals surface area contributed by atoms with Gasteiger partial charge in [-0.25, -0.2) is 4.98 Å². The van der Waals surface area contributed by atoms with Crippen LogP contribution in [0, 0.1) is 0 Å². The first-order valence-corrected chi connectivity index (χ1v) is 24.0. The second-order valence-corrected chi connectivity index (χ2v) is 18.7. The molecule has 322 valence electrons. The smallest absolute Gasteiger partial charge is 0.238 e. The van der Waals surface area contributed by atoms with Crippen molar-refractivity contribution in [1.82, 2.24) is 19.5 Å². The van der Waals surface area contributed by atoms with Crippen LogP contribution in [-0.2, 0) is 0 Å². The lowest BCUT2D eigenvalue weighted by Gasteiger charge is -2.15. The highest BCUT2D eigenvalue weighted by atomic mass is 32.1. The molecule has 6 heteroatoms. The Labute approximate surface area is 400 Å². The first kappa shape index (κ1) is 39.2. The molecule has 0 saturated carbocycles. The molecule has 4 heterocycles. The lowest BCUT2D eigenvalue weighted by Crippen LogP contribution is -2.07. The van der Waals surface area contributed by atoms with E-state index in [1.165, 1.54) is 31.3 Å². The van der Waals surface area contributed by atoms with Crippen LogP contribution in [-0.4, -0.2) is 19.5 Å². The molecular weight excluding hydrogens is 861 g/mol. The molecule has 0 fully saturated rings. The number of hydrogen-bond acceptors (Lipinski definition) is 5. The highest BCUT2D eigenvalue weighted by Gasteiger charge is 2.23. The Hall–Kier alpha value is -8.97. The van der Waals surface area contributed by atoms with Gasteiger partial charge in [0.2, 0.25) is 5.95 Å². The third-order valence-corrected chi connectivity index (χ3v) is 14.6. The number of benzene rings is 10. The molecule has 0 aliphatic heterocycles. The number of rotatable bonds is 7. The third-order valence-electron chi connectivity index (χ3n) is 13.4. The van der Waals surface area contributed by atoms with Gasteiger partial charge in [0.25, 0.3) is 0 Å². The fourth-order valence-electron chi connectivity index (χ4n) is 10.1. The monoisotopic (exact) mass is 898 g/mol. The van der Waals surface area contributed by atoms with Crippen LogP contribution in [0.4, 0.5) is 0 Å². The van der Waals surface area contributed by atoms with E-state index in [9.17, 15) is 0 Å². The van der Waals surface area contributed by atoms with Crippen molar-refractivity contribution >= 4 is 75.3 Å². The maximum absolute atomic E-state index is 6.38. The van der Waals surface area contributed by atoms with E-state index in [4.69, 9.17) is 19.4 Å². The number of aromatic nitrogens is 4. The van der Waals surface area contributed by atoms with Crippen molar-refractivity contribution in [3.63, 3.8) is 0 Å². The fraction of sp³-hybridized carbons (Fsp3) is 0. The Bertz CT molecular complexity index is 4320. The van der Waals surface area contributed by atoms with E-state index in [1.807, 2.05) is 47.7 Å². The average molecular weight is 899 g/mol. The van der Waals surface area contributed by atoms with Crippen LogP contribution in [0.15, 0.2) is 235 Å². The maximum Gasteiger partial charge on any atom is 0.238 e. The van der Waals surface area contributed by atoms with Crippen LogP contribution in [0.5, 0.6) is 0 Å². The normalized spacial score (nSPS) is 11.8. The molecule has 0 saturated heterocycles. The Morgan fingerprint density at radius 2 is 0.884 bits per heavy atom. The SMILES string of the molecule is c1ccc(-c2cc(-c3cccc(-c4cccc(-c5ccc6c(c5)sc5ccccc56)c4)c3)c3c(c2)c2ccccc2n3-c2nc(-c3ccccc3)nc(-c3ccc4c(c3)oc3ccccc34)n2)cc1. The van der Waals surface area contributed by atoms with Crippen LogP contribution >= 0.6 is 11.3 Å². The van der Waals surface area contributed by atoms with Crippen molar-refractivity contribution in [3.05, 3.63) is 231 Å². The van der Waals surface area contributed by atoms with Gasteiger partial charge in [0.15, 0.2) is 11.6 Å². The Balaban J connectivity index is 0.976. The van der Waals surface area contributed by atoms with Crippen molar-refractivity contribution in [2.75, 3.05) is 0 Å². The number of thiophene rings is 1. The summed E-state index contributed by atoms with van der Waals surface area (Å²) in [6.07, 6.45) is 0. The van der Waals surface area contributed by atoms with E-state index >= 15 is 0 Å². The number of fused-ring (bicyclic) bond motifs is 9. The van der Waals surface area contributed by atoms with Gasteiger partial charge in [-0.3, -0.25) is 4.57 Å². The van der Waals surface area contributed by atoms with Gasteiger partial charge in [0, 0.05) is 58.4 Å². The van der Waals surface area contributed by atoms with E-state index in [0.29, 0.717) is 17.6 Å². The van der Waals surface area contributed by atoms with E-state index in [2.05, 4.69) is 199 Å². The van der Waals surface area contributed by atoms with E-state index in [1.54, 1.807) is 0 Å². The minimum atomic E-state index is 0.530. The molecule has 14 rings (SSSR count). The van der Waals surface area contributed by atoms with Crippen LogP contribution in [0.2, 0.25) is 0 Å². The zero-order valence-corrected chi connectivity index (χ0v) is 37.9. The van der Waals surface area contributed by atoms with Gasteiger partial charge in [-0.2, -0.15) is 9.97 Å². The summed E-state index contributed by atoms with van der Waals surface area (Å²) in [6.45, 7) is 0. The Morgan fingerprint density at radius 1 is 0.319 bits per heavy atom. The number of furan rings is 1. The zero-order valence-electron chi connectivity index (χ0n) is 37.0. The minimum Gasteiger partial charge on any atom is -0.456 e. The Kier molecular flexibility index (Phi) is 9.00. The first-order valence-electron chi connectivity index (χ1n) is 23.2. The van der Waals surface area contributed by atoms with Gasteiger partial charge in [-0.15, -0.1) is 11.3 Å².